The second-order valence-corrected chi connectivity index (χ2v) is 4.74. The van der Waals surface area contributed by atoms with E-state index in [1.54, 1.807) is 0 Å². The molecule has 15 heavy (non-hydrogen) atoms. The van der Waals surface area contributed by atoms with Gasteiger partial charge in [-0.05, 0) is 37.6 Å². The Balaban J connectivity index is 2.83. The average Bonchev–Trinajstić information content (AvgIpc) is 2.16. The maximum Gasteiger partial charge on any atom is 0.0357 e. The lowest BCUT2D eigenvalue weighted by molar-refractivity contribution is 0.548. The summed E-state index contributed by atoms with van der Waals surface area (Å²) in [5.74, 6) is 0. The Bertz CT molecular complexity index is 333. The lowest BCUT2D eigenvalue weighted by atomic mass is 10.0. The highest BCUT2D eigenvalue weighted by Gasteiger charge is 2.09. The van der Waals surface area contributed by atoms with Gasteiger partial charge in [-0.1, -0.05) is 40.6 Å². The zero-order valence-corrected chi connectivity index (χ0v) is 11.0. The largest absolute Gasteiger partial charge is 0.310 e. The SMILES string of the molecule is C=C(C)CC(NCC)c1cccc(Br)c1. The second kappa shape index (κ2) is 6.09. The Hall–Kier alpha value is -0.600. The van der Waals surface area contributed by atoms with Crippen LogP contribution in [0.25, 0.3) is 0 Å². The molecular formula is C13H18BrN. The number of benzene rings is 1. The molecule has 0 heterocycles. The summed E-state index contributed by atoms with van der Waals surface area (Å²) in [5.41, 5.74) is 2.52. The quantitative estimate of drug-likeness (QED) is 0.794. The van der Waals surface area contributed by atoms with Crippen molar-refractivity contribution in [1.82, 2.24) is 5.32 Å². The van der Waals surface area contributed by atoms with Crippen LogP contribution in [0.15, 0.2) is 40.9 Å². The molecule has 0 saturated carbocycles. The molecule has 1 nitrogen and oxygen atoms in total. The molecule has 0 aliphatic rings. The van der Waals surface area contributed by atoms with Crippen molar-refractivity contribution in [3.63, 3.8) is 0 Å². The van der Waals surface area contributed by atoms with E-state index in [1.165, 1.54) is 11.1 Å². The normalized spacial score (nSPS) is 12.5. The third-order valence-electron chi connectivity index (χ3n) is 2.25. The summed E-state index contributed by atoms with van der Waals surface area (Å²) in [6.45, 7) is 9.15. The molecule has 0 aromatic heterocycles. The lowest BCUT2D eigenvalue weighted by Gasteiger charge is -2.18. The fourth-order valence-corrected chi connectivity index (χ4v) is 2.04. The van der Waals surface area contributed by atoms with Crippen LogP contribution in [0.4, 0.5) is 0 Å². The van der Waals surface area contributed by atoms with E-state index in [2.05, 4.69) is 59.9 Å². The van der Waals surface area contributed by atoms with Crippen molar-refractivity contribution in [3.05, 3.63) is 46.5 Å². The fraction of sp³-hybridized carbons (Fsp3) is 0.385. The van der Waals surface area contributed by atoms with E-state index in [9.17, 15) is 0 Å². The van der Waals surface area contributed by atoms with Gasteiger partial charge in [0.1, 0.15) is 0 Å². The molecule has 2 heteroatoms. The van der Waals surface area contributed by atoms with Gasteiger partial charge in [-0.3, -0.25) is 0 Å². The van der Waals surface area contributed by atoms with Gasteiger partial charge >= 0.3 is 0 Å². The van der Waals surface area contributed by atoms with Crippen LogP contribution in [-0.4, -0.2) is 6.54 Å². The minimum absolute atomic E-state index is 0.380. The third kappa shape index (κ3) is 4.18. The van der Waals surface area contributed by atoms with Crippen molar-refractivity contribution in [2.24, 2.45) is 0 Å². The zero-order chi connectivity index (χ0) is 11.3. The van der Waals surface area contributed by atoms with Gasteiger partial charge in [0, 0.05) is 10.5 Å². The number of hydrogen-bond donors (Lipinski definition) is 1. The van der Waals surface area contributed by atoms with E-state index in [0.717, 1.165) is 17.4 Å². The van der Waals surface area contributed by atoms with Crippen molar-refractivity contribution in [3.8, 4) is 0 Å². The zero-order valence-electron chi connectivity index (χ0n) is 9.39. The number of halogens is 1. The minimum Gasteiger partial charge on any atom is -0.310 e. The summed E-state index contributed by atoms with van der Waals surface area (Å²) in [5, 5.41) is 3.48. The van der Waals surface area contributed by atoms with Crippen molar-refractivity contribution < 1.29 is 0 Å². The summed E-state index contributed by atoms with van der Waals surface area (Å²) >= 11 is 3.50. The minimum atomic E-state index is 0.380. The van der Waals surface area contributed by atoms with Gasteiger partial charge in [0.15, 0.2) is 0 Å². The molecule has 1 N–H and O–H groups in total. The monoisotopic (exact) mass is 267 g/mol. The van der Waals surface area contributed by atoms with Gasteiger partial charge in [-0.25, -0.2) is 0 Å². The molecular weight excluding hydrogens is 250 g/mol. The number of hydrogen-bond acceptors (Lipinski definition) is 1. The first kappa shape index (κ1) is 12.5. The number of rotatable bonds is 5. The average molecular weight is 268 g/mol. The van der Waals surface area contributed by atoms with Gasteiger partial charge in [0.25, 0.3) is 0 Å². The van der Waals surface area contributed by atoms with Crippen LogP contribution in [0.2, 0.25) is 0 Å². The third-order valence-corrected chi connectivity index (χ3v) is 2.75. The van der Waals surface area contributed by atoms with Crippen molar-refractivity contribution in [1.29, 1.82) is 0 Å². The van der Waals surface area contributed by atoms with Crippen LogP contribution in [-0.2, 0) is 0 Å². The number of nitrogens with one attached hydrogen (secondary N) is 1. The van der Waals surface area contributed by atoms with Crippen LogP contribution in [0.3, 0.4) is 0 Å². The van der Waals surface area contributed by atoms with E-state index in [-0.39, 0.29) is 0 Å². The lowest BCUT2D eigenvalue weighted by Crippen LogP contribution is -2.21. The molecule has 0 aliphatic heterocycles. The van der Waals surface area contributed by atoms with Gasteiger partial charge in [-0.15, -0.1) is 6.58 Å². The van der Waals surface area contributed by atoms with Crippen LogP contribution < -0.4 is 5.32 Å². The Morgan fingerprint density at radius 1 is 1.53 bits per heavy atom. The Morgan fingerprint density at radius 3 is 2.80 bits per heavy atom. The predicted octanol–water partition coefficient (Wildman–Crippen LogP) is 4.07. The Kier molecular flexibility index (Phi) is 5.06. The smallest absolute Gasteiger partial charge is 0.0357 e. The summed E-state index contributed by atoms with van der Waals surface area (Å²) in [7, 11) is 0. The maximum atomic E-state index is 3.97. The molecule has 0 fully saturated rings. The van der Waals surface area contributed by atoms with E-state index in [4.69, 9.17) is 0 Å². The molecule has 82 valence electrons. The first-order chi connectivity index (χ1) is 7.13. The predicted molar refractivity (Wildman–Crippen MR) is 70.0 cm³/mol. The van der Waals surface area contributed by atoms with Crippen molar-refractivity contribution in [2.75, 3.05) is 6.54 Å². The molecule has 0 amide bonds. The molecule has 1 unspecified atom stereocenters. The van der Waals surface area contributed by atoms with Crippen LogP contribution in [0.5, 0.6) is 0 Å². The molecule has 0 saturated heterocycles. The van der Waals surface area contributed by atoms with Gasteiger partial charge in [0.05, 0.1) is 0 Å². The van der Waals surface area contributed by atoms with Gasteiger partial charge in [-0.2, -0.15) is 0 Å². The van der Waals surface area contributed by atoms with Crippen LogP contribution in [0.1, 0.15) is 31.9 Å². The molecule has 1 atom stereocenters. The second-order valence-electron chi connectivity index (χ2n) is 3.83. The molecule has 0 spiro atoms. The molecule has 0 bridgehead atoms. The highest BCUT2D eigenvalue weighted by Crippen LogP contribution is 2.23. The van der Waals surface area contributed by atoms with Gasteiger partial charge in [0.2, 0.25) is 0 Å². The summed E-state index contributed by atoms with van der Waals surface area (Å²) in [6, 6.07) is 8.82. The fourth-order valence-electron chi connectivity index (χ4n) is 1.63. The molecule has 0 aliphatic carbocycles. The first-order valence-electron chi connectivity index (χ1n) is 5.26. The van der Waals surface area contributed by atoms with Gasteiger partial charge < -0.3 is 5.32 Å². The Morgan fingerprint density at radius 2 is 2.27 bits per heavy atom. The van der Waals surface area contributed by atoms with E-state index in [1.807, 2.05) is 6.07 Å². The summed E-state index contributed by atoms with van der Waals surface area (Å²) < 4.78 is 1.13. The summed E-state index contributed by atoms with van der Waals surface area (Å²) in [4.78, 5) is 0. The first-order valence-corrected chi connectivity index (χ1v) is 6.06. The molecule has 1 aromatic carbocycles. The standard InChI is InChI=1S/C13H18BrN/c1-4-15-13(8-10(2)3)11-6-5-7-12(14)9-11/h5-7,9,13,15H,2,4,8H2,1,3H3. The van der Waals surface area contributed by atoms with E-state index >= 15 is 0 Å². The van der Waals surface area contributed by atoms with Crippen LogP contribution >= 0.6 is 15.9 Å². The highest BCUT2D eigenvalue weighted by atomic mass is 79.9. The van der Waals surface area contributed by atoms with Crippen molar-refractivity contribution >= 4 is 15.9 Å². The topological polar surface area (TPSA) is 12.0 Å². The molecule has 1 aromatic rings. The Labute approximate surface area is 101 Å². The molecule has 1 rings (SSSR count). The summed E-state index contributed by atoms with van der Waals surface area (Å²) in [6.07, 6.45) is 0.990. The van der Waals surface area contributed by atoms with E-state index < -0.39 is 0 Å². The molecule has 0 radical (unpaired) electrons. The highest BCUT2D eigenvalue weighted by molar-refractivity contribution is 9.10. The van der Waals surface area contributed by atoms with E-state index in [0.29, 0.717) is 6.04 Å². The maximum absolute atomic E-state index is 3.97. The van der Waals surface area contributed by atoms with Crippen LogP contribution in [0, 0.1) is 0 Å². The van der Waals surface area contributed by atoms with Crippen molar-refractivity contribution in [2.45, 2.75) is 26.3 Å².